The predicted molar refractivity (Wildman–Crippen MR) is 62.8 cm³/mol. The molecule has 0 aromatic carbocycles. The summed E-state index contributed by atoms with van der Waals surface area (Å²) < 4.78 is 5.48. The van der Waals surface area contributed by atoms with Crippen molar-refractivity contribution in [3.8, 4) is 0 Å². The van der Waals surface area contributed by atoms with Gasteiger partial charge >= 0.3 is 0 Å². The zero-order chi connectivity index (χ0) is 10.8. The summed E-state index contributed by atoms with van der Waals surface area (Å²) in [5, 5.41) is 0. The Morgan fingerprint density at radius 3 is 2.14 bits per heavy atom. The Morgan fingerprint density at radius 2 is 1.64 bits per heavy atom. The highest BCUT2D eigenvalue weighted by molar-refractivity contribution is 5.21. The van der Waals surface area contributed by atoms with Crippen LogP contribution >= 0.6 is 0 Å². The third-order valence-electron chi connectivity index (χ3n) is 1.39. The van der Waals surface area contributed by atoms with Crippen LogP contribution in [0.15, 0.2) is 60.6 Å². The predicted octanol–water partition coefficient (Wildman–Crippen LogP) is 4.13. The lowest BCUT2D eigenvalue weighted by atomic mass is 10.3. The molecule has 0 aromatic heterocycles. The highest BCUT2D eigenvalue weighted by Gasteiger charge is 1.92. The van der Waals surface area contributed by atoms with Crippen molar-refractivity contribution in [2.45, 2.75) is 20.8 Å². The third kappa shape index (κ3) is 6.06. The quantitative estimate of drug-likeness (QED) is 0.468. The highest BCUT2D eigenvalue weighted by Crippen LogP contribution is 2.07. The lowest BCUT2D eigenvalue weighted by Gasteiger charge is -2.04. The van der Waals surface area contributed by atoms with Crippen molar-refractivity contribution in [2.75, 3.05) is 0 Å². The second-order valence-corrected chi connectivity index (χ2v) is 2.66. The fourth-order valence-electron chi connectivity index (χ4n) is 0.850. The molecule has 1 heteroatoms. The van der Waals surface area contributed by atoms with Gasteiger partial charge in [0.25, 0.3) is 0 Å². The fraction of sp³-hybridized carbons (Fsp3) is 0.231. The minimum atomic E-state index is 0.640. The van der Waals surface area contributed by atoms with Crippen LogP contribution in [0.5, 0.6) is 0 Å². The van der Waals surface area contributed by atoms with Gasteiger partial charge in [0.15, 0.2) is 0 Å². The monoisotopic (exact) mass is 190 g/mol. The summed E-state index contributed by atoms with van der Waals surface area (Å²) in [5.74, 6) is 1.43. The molecule has 0 radical (unpaired) electrons. The molecule has 1 nitrogen and oxygen atoms in total. The molecule has 0 atom stereocenters. The number of ether oxygens (including phenoxy) is 1. The van der Waals surface area contributed by atoms with E-state index in [4.69, 9.17) is 4.74 Å². The first kappa shape index (κ1) is 12.5. The van der Waals surface area contributed by atoms with Gasteiger partial charge in [-0.25, -0.2) is 0 Å². The smallest absolute Gasteiger partial charge is 0.127 e. The molecule has 0 aliphatic heterocycles. The minimum absolute atomic E-state index is 0.640. The molecule has 14 heavy (non-hydrogen) atoms. The average Bonchev–Trinajstić information content (AvgIpc) is 2.15. The summed E-state index contributed by atoms with van der Waals surface area (Å²) >= 11 is 0. The summed E-state index contributed by atoms with van der Waals surface area (Å²) in [6, 6.07) is 0. The van der Waals surface area contributed by atoms with Gasteiger partial charge in [-0.05, 0) is 39.0 Å². The second kappa shape index (κ2) is 8.11. The zero-order valence-electron chi connectivity index (χ0n) is 9.16. The van der Waals surface area contributed by atoms with Crippen molar-refractivity contribution in [1.82, 2.24) is 0 Å². The Bertz CT molecular complexity index is 278. The van der Waals surface area contributed by atoms with Crippen molar-refractivity contribution >= 4 is 0 Å². The van der Waals surface area contributed by atoms with Crippen LogP contribution in [0.1, 0.15) is 20.8 Å². The summed E-state index contributed by atoms with van der Waals surface area (Å²) in [6.45, 7) is 9.61. The van der Waals surface area contributed by atoms with E-state index >= 15 is 0 Å². The Labute approximate surface area is 86.8 Å². The van der Waals surface area contributed by atoms with Gasteiger partial charge in [0.05, 0.1) is 0 Å². The van der Waals surface area contributed by atoms with Gasteiger partial charge in [0.2, 0.25) is 0 Å². The van der Waals surface area contributed by atoms with E-state index in [1.54, 1.807) is 0 Å². The van der Waals surface area contributed by atoms with E-state index in [2.05, 4.69) is 6.58 Å². The lowest BCUT2D eigenvalue weighted by Crippen LogP contribution is -1.86. The zero-order valence-corrected chi connectivity index (χ0v) is 9.16. The van der Waals surface area contributed by atoms with Gasteiger partial charge in [0, 0.05) is 0 Å². The van der Waals surface area contributed by atoms with Gasteiger partial charge in [0.1, 0.15) is 11.5 Å². The van der Waals surface area contributed by atoms with Crippen molar-refractivity contribution in [3.63, 3.8) is 0 Å². The molecule has 76 valence electrons. The lowest BCUT2D eigenvalue weighted by molar-refractivity contribution is 0.338. The van der Waals surface area contributed by atoms with Gasteiger partial charge in [-0.2, -0.15) is 0 Å². The van der Waals surface area contributed by atoms with Crippen molar-refractivity contribution in [1.29, 1.82) is 0 Å². The van der Waals surface area contributed by atoms with E-state index in [1.807, 2.05) is 63.3 Å². The topological polar surface area (TPSA) is 9.23 Å². The standard InChI is InChI=1S/C13H18O/c1-5-8-11-13(10-7-3)14-12(4)9-6-2/h5-11H,4H2,1-3H3/b8-5-,9-6-,10-7-,13-11+. The SMILES string of the molecule is C=C(/C=C\C)OC(/C=C\C)=C/C=C\C. The van der Waals surface area contributed by atoms with Crippen molar-refractivity contribution in [3.05, 3.63) is 60.6 Å². The van der Waals surface area contributed by atoms with Crippen LogP contribution in [0, 0.1) is 0 Å². The first-order valence-electron chi connectivity index (χ1n) is 4.69. The van der Waals surface area contributed by atoms with E-state index in [0.29, 0.717) is 5.76 Å². The molecule has 0 fully saturated rings. The Hall–Kier alpha value is -1.50. The van der Waals surface area contributed by atoms with E-state index < -0.39 is 0 Å². The Balaban J connectivity index is 4.45. The van der Waals surface area contributed by atoms with Gasteiger partial charge < -0.3 is 4.74 Å². The van der Waals surface area contributed by atoms with E-state index in [1.165, 1.54) is 0 Å². The Morgan fingerprint density at radius 1 is 1.00 bits per heavy atom. The third-order valence-corrected chi connectivity index (χ3v) is 1.39. The normalized spacial score (nSPS) is 13.2. The molecule has 0 aromatic rings. The van der Waals surface area contributed by atoms with E-state index in [-0.39, 0.29) is 0 Å². The maximum atomic E-state index is 5.48. The molecular formula is C13H18O. The molecule has 0 saturated carbocycles. The summed E-state index contributed by atoms with van der Waals surface area (Å²) in [6.07, 6.45) is 13.3. The first-order valence-corrected chi connectivity index (χ1v) is 4.69. The molecule has 0 N–H and O–H groups in total. The van der Waals surface area contributed by atoms with Crippen LogP contribution in [0.2, 0.25) is 0 Å². The summed E-state index contributed by atoms with van der Waals surface area (Å²) in [7, 11) is 0. The molecule has 0 spiro atoms. The number of allylic oxidation sites excluding steroid dienone is 7. The van der Waals surface area contributed by atoms with Crippen molar-refractivity contribution in [2.24, 2.45) is 0 Å². The van der Waals surface area contributed by atoms with E-state index in [9.17, 15) is 0 Å². The van der Waals surface area contributed by atoms with Gasteiger partial charge in [-0.1, -0.05) is 30.9 Å². The molecule has 0 bridgehead atoms. The van der Waals surface area contributed by atoms with Crippen LogP contribution in [0.25, 0.3) is 0 Å². The number of rotatable bonds is 5. The first-order chi connectivity index (χ1) is 6.74. The molecule has 0 unspecified atom stereocenters. The van der Waals surface area contributed by atoms with Crippen LogP contribution in [0.4, 0.5) is 0 Å². The average molecular weight is 190 g/mol. The molecule has 0 amide bonds. The molecule has 0 aliphatic carbocycles. The number of hydrogen-bond acceptors (Lipinski definition) is 1. The summed E-state index contributed by atoms with van der Waals surface area (Å²) in [4.78, 5) is 0. The van der Waals surface area contributed by atoms with Crippen LogP contribution < -0.4 is 0 Å². The summed E-state index contributed by atoms with van der Waals surface area (Å²) in [5.41, 5.74) is 0. The fourth-order valence-corrected chi connectivity index (χ4v) is 0.850. The number of hydrogen-bond donors (Lipinski definition) is 0. The maximum absolute atomic E-state index is 5.48. The largest absolute Gasteiger partial charge is 0.458 e. The van der Waals surface area contributed by atoms with Crippen LogP contribution in [-0.4, -0.2) is 0 Å². The molecule has 0 rings (SSSR count). The Kier molecular flexibility index (Phi) is 7.24. The highest BCUT2D eigenvalue weighted by atomic mass is 16.5. The molecule has 0 saturated heterocycles. The second-order valence-electron chi connectivity index (χ2n) is 2.66. The maximum Gasteiger partial charge on any atom is 0.127 e. The van der Waals surface area contributed by atoms with Gasteiger partial charge in [-0.15, -0.1) is 0 Å². The molecule has 0 aliphatic rings. The van der Waals surface area contributed by atoms with Crippen LogP contribution in [-0.2, 0) is 4.74 Å². The van der Waals surface area contributed by atoms with Gasteiger partial charge in [-0.3, -0.25) is 0 Å². The van der Waals surface area contributed by atoms with E-state index in [0.717, 1.165) is 5.76 Å². The van der Waals surface area contributed by atoms with Crippen molar-refractivity contribution < 1.29 is 4.74 Å². The molecule has 0 heterocycles. The minimum Gasteiger partial charge on any atom is -0.458 e. The van der Waals surface area contributed by atoms with Crippen LogP contribution in [0.3, 0.4) is 0 Å². The molecular weight excluding hydrogens is 172 g/mol.